The van der Waals surface area contributed by atoms with Crippen molar-refractivity contribution < 1.29 is 4.74 Å². The fraction of sp³-hybridized carbons (Fsp3) is 0.294. The van der Waals surface area contributed by atoms with E-state index in [4.69, 9.17) is 4.74 Å². The van der Waals surface area contributed by atoms with E-state index in [1.807, 2.05) is 0 Å². The summed E-state index contributed by atoms with van der Waals surface area (Å²) in [5.41, 5.74) is 4.00. The van der Waals surface area contributed by atoms with Crippen LogP contribution in [0.1, 0.15) is 23.6 Å². The van der Waals surface area contributed by atoms with Crippen LogP contribution in [-0.4, -0.2) is 13.4 Å². The Morgan fingerprint density at radius 3 is 2.90 bits per heavy atom. The Kier molecular flexibility index (Phi) is 3.88. The molecule has 0 radical (unpaired) electrons. The molecule has 0 heterocycles. The molecule has 0 aromatic heterocycles. The van der Waals surface area contributed by atoms with Crippen LogP contribution in [0.25, 0.3) is 0 Å². The number of ether oxygens (including phenoxy) is 1. The summed E-state index contributed by atoms with van der Waals surface area (Å²) in [6.07, 6.45) is 4.39. The van der Waals surface area contributed by atoms with Gasteiger partial charge in [0, 0.05) is 10.6 Å². The van der Waals surface area contributed by atoms with E-state index in [2.05, 4.69) is 54.0 Å². The first-order chi connectivity index (χ1) is 9.80. The first-order valence-corrected chi connectivity index (χ1v) is 8.10. The highest BCUT2D eigenvalue weighted by molar-refractivity contribution is 7.98. The van der Waals surface area contributed by atoms with Crippen molar-refractivity contribution in [2.75, 3.05) is 18.7 Å². The van der Waals surface area contributed by atoms with Crippen molar-refractivity contribution in [2.45, 2.75) is 23.8 Å². The number of hydrogen-bond acceptors (Lipinski definition) is 3. The van der Waals surface area contributed by atoms with Crippen molar-refractivity contribution in [1.29, 1.82) is 0 Å². The normalized spacial score (nSPS) is 16.8. The number of benzene rings is 2. The number of hydrogen-bond donors (Lipinski definition) is 1. The lowest BCUT2D eigenvalue weighted by atomic mass is 10.1. The fourth-order valence-corrected chi connectivity index (χ4v) is 3.23. The second kappa shape index (κ2) is 5.80. The number of anilines is 1. The molecule has 20 heavy (non-hydrogen) atoms. The average molecular weight is 285 g/mol. The Morgan fingerprint density at radius 2 is 2.10 bits per heavy atom. The topological polar surface area (TPSA) is 21.3 Å². The van der Waals surface area contributed by atoms with Crippen molar-refractivity contribution in [3.05, 3.63) is 53.6 Å². The van der Waals surface area contributed by atoms with Crippen LogP contribution in [-0.2, 0) is 6.42 Å². The molecule has 0 saturated heterocycles. The highest BCUT2D eigenvalue weighted by Gasteiger charge is 2.22. The first kappa shape index (κ1) is 13.4. The minimum absolute atomic E-state index is 0.386. The van der Waals surface area contributed by atoms with Crippen molar-refractivity contribution in [1.82, 2.24) is 0 Å². The summed E-state index contributed by atoms with van der Waals surface area (Å²) in [4.78, 5) is 1.29. The third-order valence-corrected chi connectivity index (χ3v) is 4.57. The molecule has 3 heteroatoms. The molecule has 0 amide bonds. The molecule has 1 aliphatic rings. The smallest absolute Gasteiger partial charge is 0.119 e. The summed E-state index contributed by atoms with van der Waals surface area (Å²) in [6.45, 7) is 0. The molecule has 2 nitrogen and oxygen atoms in total. The van der Waals surface area contributed by atoms with Gasteiger partial charge in [-0.1, -0.05) is 12.1 Å². The van der Waals surface area contributed by atoms with Crippen LogP contribution >= 0.6 is 11.8 Å². The first-order valence-electron chi connectivity index (χ1n) is 6.87. The molecular weight excluding hydrogens is 266 g/mol. The largest absolute Gasteiger partial charge is 0.497 e. The van der Waals surface area contributed by atoms with Crippen LogP contribution < -0.4 is 10.1 Å². The summed E-state index contributed by atoms with van der Waals surface area (Å²) in [5.74, 6) is 0.940. The quantitative estimate of drug-likeness (QED) is 0.835. The van der Waals surface area contributed by atoms with Gasteiger partial charge in [0.15, 0.2) is 0 Å². The van der Waals surface area contributed by atoms with E-state index < -0.39 is 0 Å². The number of nitrogens with one attached hydrogen (secondary N) is 1. The number of fused-ring (bicyclic) bond motifs is 1. The summed E-state index contributed by atoms with van der Waals surface area (Å²) in [6, 6.07) is 15.4. The predicted molar refractivity (Wildman–Crippen MR) is 85.9 cm³/mol. The SMILES string of the molecule is COc1ccc2c(c1)C(Nc1cccc(SC)c1)CC2. The number of methoxy groups -OCH3 is 1. The second-order valence-corrected chi connectivity index (χ2v) is 5.91. The zero-order valence-electron chi connectivity index (χ0n) is 11.8. The number of thioether (sulfide) groups is 1. The predicted octanol–water partition coefficient (Wildman–Crippen LogP) is 4.52. The Balaban J connectivity index is 1.83. The van der Waals surface area contributed by atoms with E-state index in [1.165, 1.54) is 21.7 Å². The Hall–Kier alpha value is -1.61. The maximum Gasteiger partial charge on any atom is 0.119 e. The van der Waals surface area contributed by atoms with Crippen molar-refractivity contribution in [3.8, 4) is 5.75 Å². The number of aryl methyl sites for hydroxylation is 1. The van der Waals surface area contributed by atoms with E-state index in [1.54, 1.807) is 18.9 Å². The van der Waals surface area contributed by atoms with Gasteiger partial charge >= 0.3 is 0 Å². The van der Waals surface area contributed by atoms with Gasteiger partial charge in [0.25, 0.3) is 0 Å². The van der Waals surface area contributed by atoms with E-state index in [-0.39, 0.29) is 0 Å². The standard InChI is InChI=1S/C17H19NOS/c1-19-14-8-6-12-7-9-17(16(12)11-14)18-13-4-3-5-15(10-13)20-2/h3-6,8,10-11,17-18H,7,9H2,1-2H3. The Bertz CT molecular complexity index is 612. The zero-order chi connectivity index (χ0) is 13.9. The van der Waals surface area contributed by atoms with Crippen LogP contribution in [0.4, 0.5) is 5.69 Å². The van der Waals surface area contributed by atoms with E-state index in [0.29, 0.717) is 6.04 Å². The van der Waals surface area contributed by atoms with Crippen molar-refractivity contribution in [2.24, 2.45) is 0 Å². The highest BCUT2D eigenvalue weighted by atomic mass is 32.2. The fourth-order valence-electron chi connectivity index (χ4n) is 2.77. The molecule has 2 aromatic rings. The molecule has 1 aliphatic carbocycles. The summed E-state index contributed by atoms with van der Waals surface area (Å²) in [7, 11) is 1.72. The van der Waals surface area contributed by atoms with Gasteiger partial charge in [-0.05, 0) is 60.6 Å². The molecule has 0 aliphatic heterocycles. The average Bonchev–Trinajstić information content (AvgIpc) is 2.89. The van der Waals surface area contributed by atoms with E-state index in [9.17, 15) is 0 Å². The molecule has 2 aromatic carbocycles. The molecule has 0 fully saturated rings. The highest BCUT2D eigenvalue weighted by Crippen LogP contribution is 2.36. The summed E-state index contributed by atoms with van der Waals surface area (Å²) in [5, 5.41) is 3.65. The van der Waals surface area contributed by atoms with Gasteiger partial charge < -0.3 is 10.1 Å². The van der Waals surface area contributed by atoms with Crippen LogP contribution in [0.5, 0.6) is 5.75 Å². The summed E-state index contributed by atoms with van der Waals surface area (Å²) < 4.78 is 5.34. The third-order valence-electron chi connectivity index (χ3n) is 3.84. The second-order valence-electron chi connectivity index (χ2n) is 5.03. The molecule has 1 unspecified atom stereocenters. The molecule has 104 valence electrons. The van der Waals surface area contributed by atoms with Crippen LogP contribution in [0, 0.1) is 0 Å². The van der Waals surface area contributed by atoms with Gasteiger partial charge in [-0.15, -0.1) is 11.8 Å². The van der Waals surface area contributed by atoms with Crippen LogP contribution in [0.15, 0.2) is 47.4 Å². The van der Waals surface area contributed by atoms with E-state index in [0.717, 1.165) is 18.6 Å². The minimum atomic E-state index is 0.386. The Morgan fingerprint density at radius 1 is 1.20 bits per heavy atom. The lowest BCUT2D eigenvalue weighted by molar-refractivity contribution is 0.414. The minimum Gasteiger partial charge on any atom is -0.497 e. The maximum atomic E-state index is 5.34. The zero-order valence-corrected chi connectivity index (χ0v) is 12.7. The third kappa shape index (κ3) is 2.63. The summed E-state index contributed by atoms with van der Waals surface area (Å²) >= 11 is 1.77. The van der Waals surface area contributed by atoms with Gasteiger partial charge in [0.2, 0.25) is 0 Å². The van der Waals surface area contributed by atoms with Crippen LogP contribution in [0.3, 0.4) is 0 Å². The monoisotopic (exact) mass is 285 g/mol. The molecule has 0 saturated carbocycles. The Labute approximate surface area is 124 Å². The molecule has 0 spiro atoms. The molecule has 1 atom stereocenters. The lowest BCUT2D eigenvalue weighted by Gasteiger charge is -2.16. The van der Waals surface area contributed by atoms with Gasteiger partial charge in [0.1, 0.15) is 5.75 Å². The molecule has 1 N–H and O–H groups in total. The molecular formula is C17H19NOS. The number of rotatable bonds is 4. The van der Waals surface area contributed by atoms with Gasteiger partial charge in [-0.3, -0.25) is 0 Å². The van der Waals surface area contributed by atoms with E-state index >= 15 is 0 Å². The van der Waals surface area contributed by atoms with Crippen molar-refractivity contribution >= 4 is 17.4 Å². The van der Waals surface area contributed by atoms with Gasteiger partial charge in [0.05, 0.1) is 13.2 Å². The molecule has 3 rings (SSSR count). The van der Waals surface area contributed by atoms with Crippen LogP contribution in [0.2, 0.25) is 0 Å². The van der Waals surface area contributed by atoms with Crippen molar-refractivity contribution in [3.63, 3.8) is 0 Å². The maximum absolute atomic E-state index is 5.34. The molecule has 0 bridgehead atoms. The van der Waals surface area contributed by atoms with Gasteiger partial charge in [-0.2, -0.15) is 0 Å². The lowest BCUT2D eigenvalue weighted by Crippen LogP contribution is -2.07. The van der Waals surface area contributed by atoms with Gasteiger partial charge in [-0.25, -0.2) is 0 Å².